The Balaban J connectivity index is 3.36. The van der Waals surface area contributed by atoms with Crippen molar-refractivity contribution < 1.29 is 4.74 Å². The number of thioether (sulfide) groups is 1. The molecule has 0 bridgehead atoms. The fourth-order valence-electron chi connectivity index (χ4n) is 1.55. The zero-order chi connectivity index (χ0) is 11.6. The first-order chi connectivity index (χ1) is 6.90. The third kappa shape index (κ3) is 2.67. The largest absolute Gasteiger partial charge is 0.496 e. The van der Waals surface area contributed by atoms with Crippen LogP contribution in [0.2, 0.25) is 0 Å². The average molecular weight is 225 g/mol. The summed E-state index contributed by atoms with van der Waals surface area (Å²) in [6.45, 7) is 6.07. The van der Waals surface area contributed by atoms with E-state index in [1.54, 1.807) is 18.9 Å². The second-order valence-corrected chi connectivity index (χ2v) is 5.09. The molecule has 1 rings (SSSR count). The molecule has 0 saturated heterocycles. The van der Waals surface area contributed by atoms with E-state index in [4.69, 9.17) is 10.5 Å². The normalized spacial score (nSPS) is 11.6. The molecule has 1 aromatic carbocycles. The van der Waals surface area contributed by atoms with E-state index in [0.29, 0.717) is 0 Å². The van der Waals surface area contributed by atoms with Crippen LogP contribution in [0.15, 0.2) is 17.0 Å². The van der Waals surface area contributed by atoms with Gasteiger partial charge in [-0.25, -0.2) is 0 Å². The zero-order valence-electron chi connectivity index (χ0n) is 10.0. The van der Waals surface area contributed by atoms with Gasteiger partial charge in [-0.2, -0.15) is 0 Å². The van der Waals surface area contributed by atoms with Crippen LogP contribution in [0.25, 0.3) is 0 Å². The van der Waals surface area contributed by atoms with Gasteiger partial charge in [-0.3, -0.25) is 0 Å². The van der Waals surface area contributed by atoms with Gasteiger partial charge >= 0.3 is 0 Å². The molecule has 0 heterocycles. The van der Waals surface area contributed by atoms with E-state index in [0.717, 1.165) is 11.3 Å². The van der Waals surface area contributed by atoms with E-state index in [1.807, 2.05) is 13.8 Å². The molecule has 2 nitrogen and oxygen atoms in total. The Bertz CT molecular complexity index is 355. The van der Waals surface area contributed by atoms with Crippen molar-refractivity contribution in [3.8, 4) is 5.75 Å². The smallest absolute Gasteiger partial charge is 0.124 e. The number of benzene rings is 1. The quantitative estimate of drug-likeness (QED) is 0.803. The first kappa shape index (κ1) is 12.4. The predicted molar refractivity (Wildman–Crippen MR) is 66.7 cm³/mol. The van der Waals surface area contributed by atoms with Gasteiger partial charge in [0.05, 0.1) is 7.11 Å². The summed E-state index contributed by atoms with van der Waals surface area (Å²) in [5.41, 5.74) is 8.03. The number of rotatable bonds is 3. The minimum atomic E-state index is -0.372. The van der Waals surface area contributed by atoms with Crippen LogP contribution < -0.4 is 10.5 Å². The molecular weight excluding hydrogens is 206 g/mol. The van der Waals surface area contributed by atoms with E-state index in [9.17, 15) is 0 Å². The predicted octanol–water partition coefficient (Wildman–Crippen LogP) is 2.92. The Kier molecular flexibility index (Phi) is 3.68. The SMILES string of the molecule is COc1cc(C)c(SC)cc1C(C)(C)N. The van der Waals surface area contributed by atoms with Crippen LogP contribution in [-0.2, 0) is 5.54 Å². The second kappa shape index (κ2) is 4.45. The summed E-state index contributed by atoms with van der Waals surface area (Å²) >= 11 is 1.73. The monoisotopic (exact) mass is 225 g/mol. The maximum atomic E-state index is 6.12. The van der Waals surface area contributed by atoms with Gasteiger partial charge in [-0.05, 0) is 44.7 Å². The molecule has 0 atom stereocenters. The van der Waals surface area contributed by atoms with Gasteiger partial charge in [0, 0.05) is 16.0 Å². The van der Waals surface area contributed by atoms with Crippen molar-refractivity contribution in [3.05, 3.63) is 23.3 Å². The number of hydrogen-bond donors (Lipinski definition) is 1. The first-order valence-corrected chi connectivity index (χ1v) is 6.14. The molecule has 2 N–H and O–H groups in total. The number of ether oxygens (including phenoxy) is 1. The van der Waals surface area contributed by atoms with Crippen LogP contribution in [0.4, 0.5) is 0 Å². The van der Waals surface area contributed by atoms with Crippen molar-refractivity contribution in [3.63, 3.8) is 0 Å². The molecule has 15 heavy (non-hydrogen) atoms. The lowest BCUT2D eigenvalue weighted by Crippen LogP contribution is -2.29. The third-order valence-corrected chi connectivity index (χ3v) is 3.29. The molecule has 0 fully saturated rings. The summed E-state index contributed by atoms with van der Waals surface area (Å²) in [5.74, 6) is 0.873. The number of nitrogens with two attached hydrogens (primary N) is 1. The summed E-state index contributed by atoms with van der Waals surface area (Å²) < 4.78 is 5.36. The number of hydrogen-bond acceptors (Lipinski definition) is 3. The maximum absolute atomic E-state index is 6.12. The van der Waals surface area contributed by atoms with Crippen molar-refractivity contribution >= 4 is 11.8 Å². The summed E-state index contributed by atoms with van der Waals surface area (Å²) in [5, 5.41) is 0. The highest BCUT2D eigenvalue weighted by Crippen LogP contribution is 2.33. The maximum Gasteiger partial charge on any atom is 0.124 e. The van der Waals surface area contributed by atoms with Gasteiger partial charge in [0.2, 0.25) is 0 Å². The summed E-state index contributed by atoms with van der Waals surface area (Å²) in [4.78, 5) is 1.25. The van der Waals surface area contributed by atoms with Crippen molar-refractivity contribution in [2.24, 2.45) is 5.73 Å². The number of methoxy groups -OCH3 is 1. The molecule has 3 heteroatoms. The van der Waals surface area contributed by atoms with Crippen LogP contribution in [0.1, 0.15) is 25.0 Å². The molecule has 0 spiro atoms. The molecule has 0 amide bonds. The highest BCUT2D eigenvalue weighted by molar-refractivity contribution is 7.98. The molecule has 0 aromatic heterocycles. The third-order valence-electron chi connectivity index (χ3n) is 2.41. The Hall–Kier alpha value is -0.670. The van der Waals surface area contributed by atoms with Crippen LogP contribution in [0.3, 0.4) is 0 Å². The Morgan fingerprint density at radius 3 is 2.33 bits per heavy atom. The van der Waals surface area contributed by atoms with Gasteiger partial charge in [-0.1, -0.05) is 0 Å². The molecule has 0 aliphatic heterocycles. The van der Waals surface area contributed by atoms with E-state index >= 15 is 0 Å². The van der Waals surface area contributed by atoms with Crippen molar-refractivity contribution in [1.29, 1.82) is 0 Å². The molecule has 0 aliphatic carbocycles. The van der Waals surface area contributed by atoms with E-state index < -0.39 is 0 Å². The van der Waals surface area contributed by atoms with Crippen LogP contribution in [0.5, 0.6) is 5.75 Å². The lowest BCUT2D eigenvalue weighted by molar-refractivity contribution is 0.393. The minimum absolute atomic E-state index is 0.372. The van der Waals surface area contributed by atoms with E-state index in [2.05, 4.69) is 25.3 Å². The molecule has 84 valence electrons. The van der Waals surface area contributed by atoms with Crippen molar-refractivity contribution in [2.75, 3.05) is 13.4 Å². The van der Waals surface area contributed by atoms with Crippen LogP contribution in [0, 0.1) is 6.92 Å². The highest BCUT2D eigenvalue weighted by atomic mass is 32.2. The summed E-state index contributed by atoms with van der Waals surface area (Å²) in [6, 6.07) is 4.18. The van der Waals surface area contributed by atoms with Crippen LogP contribution >= 0.6 is 11.8 Å². The second-order valence-electron chi connectivity index (χ2n) is 4.24. The summed E-state index contributed by atoms with van der Waals surface area (Å²) in [7, 11) is 1.68. The molecule has 0 unspecified atom stereocenters. The Morgan fingerprint density at radius 1 is 1.33 bits per heavy atom. The fourth-order valence-corrected chi connectivity index (χ4v) is 2.17. The lowest BCUT2D eigenvalue weighted by Gasteiger charge is -2.23. The van der Waals surface area contributed by atoms with E-state index in [-0.39, 0.29) is 5.54 Å². The molecule has 0 radical (unpaired) electrons. The number of aryl methyl sites for hydroxylation is 1. The van der Waals surface area contributed by atoms with Gasteiger partial charge in [-0.15, -0.1) is 11.8 Å². The van der Waals surface area contributed by atoms with Gasteiger partial charge < -0.3 is 10.5 Å². The van der Waals surface area contributed by atoms with Gasteiger partial charge in [0.15, 0.2) is 0 Å². The Morgan fingerprint density at radius 2 is 1.93 bits per heavy atom. The van der Waals surface area contributed by atoms with Crippen molar-refractivity contribution in [1.82, 2.24) is 0 Å². The molecule has 1 aromatic rings. The fraction of sp³-hybridized carbons (Fsp3) is 0.500. The lowest BCUT2D eigenvalue weighted by atomic mass is 9.93. The van der Waals surface area contributed by atoms with Crippen LogP contribution in [-0.4, -0.2) is 13.4 Å². The minimum Gasteiger partial charge on any atom is -0.496 e. The zero-order valence-corrected chi connectivity index (χ0v) is 10.9. The Labute approximate surface area is 96.2 Å². The van der Waals surface area contributed by atoms with Gasteiger partial charge in [0.1, 0.15) is 5.75 Å². The topological polar surface area (TPSA) is 35.2 Å². The molecule has 0 aliphatic rings. The average Bonchev–Trinajstić information content (AvgIpc) is 2.15. The molecule has 0 saturated carbocycles. The van der Waals surface area contributed by atoms with Crippen molar-refractivity contribution in [2.45, 2.75) is 31.2 Å². The summed E-state index contributed by atoms with van der Waals surface area (Å²) in [6.07, 6.45) is 2.07. The first-order valence-electron chi connectivity index (χ1n) is 4.92. The highest BCUT2D eigenvalue weighted by Gasteiger charge is 2.20. The van der Waals surface area contributed by atoms with Gasteiger partial charge in [0.25, 0.3) is 0 Å². The standard InChI is InChI=1S/C12H19NOS/c1-8-6-10(14-4)9(12(2,3)13)7-11(8)15-5/h6-7H,13H2,1-5H3. The molecular formula is C12H19NOS. The van der Waals surface area contributed by atoms with E-state index in [1.165, 1.54) is 10.5 Å².